The Kier molecular flexibility index (Phi) is 4.94. The van der Waals surface area contributed by atoms with Gasteiger partial charge in [0.2, 0.25) is 5.91 Å². The molecular weight excluding hydrogens is 354 g/mol. The van der Waals surface area contributed by atoms with Crippen LogP contribution in [-0.2, 0) is 17.8 Å². The smallest absolute Gasteiger partial charge is 0.233 e. The molecule has 0 saturated heterocycles. The topological polar surface area (TPSA) is 46.1 Å². The van der Waals surface area contributed by atoms with E-state index in [0.717, 1.165) is 27.0 Å². The first-order valence-electron chi connectivity index (χ1n) is 8.81. The zero-order valence-electron chi connectivity index (χ0n) is 15.0. The minimum Gasteiger partial charge on any atom is -0.282 e. The van der Waals surface area contributed by atoms with Gasteiger partial charge in [-0.3, -0.25) is 14.7 Å². The molecule has 0 N–H and O–H groups in total. The van der Waals surface area contributed by atoms with Gasteiger partial charge in [0.05, 0.1) is 28.9 Å². The van der Waals surface area contributed by atoms with Crippen LogP contribution in [0.4, 0.5) is 5.13 Å². The van der Waals surface area contributed by atoms with Crippen molar-refractivity contribution in [2.24, 2.45) is 0 Å². The molecule has 0 saturated carbocycles. The lowest BCUT2D eigenvalue weighted by Gasteiger charge is -2.19. The van der Waals surface area contributed by atoms with E-state index < -0.39 is 0 Å². The van der Waals surface area contributed by atoms with Crippen molar-refractivity contribution in [3.8, 4) is 0 Å². The lowest BCUT2D eigenvalue weighted by atomic mass is 10.1. The normalized spacial score (nSPS) is 10.9. The van der Waals surface area contributed by atoms with Crippen molar-refractivity contribution in [1.82, 2.24) is 9.97 Å². The second kappa shape index (κ2) is 7.68. The SMILES string of the molecule is Cc1cccc2sc(N(Cc3ccccn3)C(=O)Cc3ccccc3)nc12. The van der Waals surface area contributed by atoms with E-state index in [4.69, 9.17) is 4.98 Å². The summed E-state index contributed by atoms with van der Waals surface area (Å²) < 4.78 is 1.09. The Morgan fingerprint density at radius 1 is 1.00 bits per heavy atom. The lowest BCUT2D eigenvalue weighted by molar-refractivity contribution is -0.118. The molecule has 2 aromatic heterocycles. The van der Waals surface area contributed by atoms with Gasteiger partial charge in [0, 0.05) is 6.20 Å². The summed E-state index contributed by atoms with van der Waals surface area (Å²) in [6, 6.07) is 21.7. The maximum absolute atomic E-state index is 13.1. The van der Waals surface area contributed by atoms with Crippen LogP contribution in [0, 0.1) is 6.92 Å². The fourth-order valence-electron chi connectivity index (χ4n) is 2.97. The molecule has 0 fully saturated rings. The molecular formula is C22H19N3OS. The maximum Gasteiger partial charge on any atom is 0.233 e. The van der Waals surface area contributed by atoms with Gasteiger partial charge in [-0.05, 0) is 36.2 Å². The summed E-state index contributed by atoms with van der Waals surface area (Å²) in [5, 5.41) is 0.714. The monoisotopic (exact) mass is 373 g/mol. The van der Waals surface area contributed by atoms with Crippen molar-refractivity contribution in [3.05, 3.63) is 89.7 Å². The van der Waals surface area contributed by atoms with Gasteiger partial charge in [-0.1, -0.05) is 59.9 Å². The molecule has 1 amide bonds. The number of hydrogen-bond donors (Lipinski definition) is 0. The first kappa shape index (κ1) is 17.4. The molecule has 0 atom stereocenters. The third-order valence-electron chi connectivity index (χ3n) is 4.39. The number of amides is 1. The maximum atomic E-state index is 13.1. The molecule has 2 aromatic carbocycles. The van der Waals surface area contributed by atoms with E-state index in [2.05, 4.69) is 4.98 Å². The molecule has 5 heteroatoms. The molecule has 0 aliphatic heterocycles. The quantitative estimate of drug-likeness (QED) is 0.506. The highest BCUT2D eigenvalue weighted by Gasteiger charge is 2.21. The van der Waals surface area contributed by atoms with Crippen LogP contribution < -0.4 is 4.90 Å². The van der Waals surface area contributed by atoms with E-state index >= 15 is 0 Å². The average Bonchev–Trinajstić information content (AvgIpc) is 3.13. The van der Waals surface area contributed by atoms with Crippen LogP contribution >= 0.6 is 11.3 Å². The summed E-state index contributed by atoms with van der Waals surface area (Å²) in [5.74, 6) is 0.0172. The second-order valence-electron chi connectivity index (χ2n) is 6.38. The Labute approximate surface area is 162 Å². The van der Waals surface area contributed by atoms with Crippen molar-refractivity contribution in [3.63, 3.8) is 0 Å². The first-order chi connectivity index (χ1) is 13.2. The highest BCUT2D eigenvalue weighted by atomic mass is 32.1. The zero-order chi connectivity index (χ0) is 18.6. The number of benzene rings is 2. The number of aromatic nitrogens is 2. The van der Waals surface area contributed by atoms with Gasteiger partial charge in [0.15, 0.2) is 5.13 Å². The number of aryl methyl sites for hydroxylation is 1. The van der Waals surface area contributed by atoms with Gasteiger partial charge < -0.3 is 0 Å². The van der Waals surface area contributed by atoms with Crippen LogP contribution in [0.2, 0.25) is 0 Å². The van der Waals surface area contributed by atoms with E-state index in [1.807, 2.05) is 73.7 Å². The van der Waals surface area contributed by atoms with Crippen LogP contribution in [0.3, 0.4) is 0 Å². The standard InChI is InChI=1S/C22H19N3OS/c1-16-8-7-12-19-21(16)24-22(27-19)25(15-18-11-5-6-13-23-18)20(26)14-17-9-3-2-4-10-17/h2-13H,14-15H2,1H3. The number of fused-ring (bicyclic) bond motifs is 1. The van der Waals surface area contributed by atoms with Crippen LogP contribution in [0.5, 0.6) is 0 Å². The molecule has 134 valence electrons. The molecule has 0 radical (unpaired) electrons. The third kappa shape index (κ3) is 3.88. The minimum atomic E-state index is 0.0172. The fourth-order valence-corrected chi connectivity index (χ4v) is 4.03. The largest absolute Gasteiger partial charge is 0.282 e. The Morgan fingerprint density at radius 3 is 2.56 bits per heavy atom. The minimum absolute atomic E-state index is 0.0172. The van der Waals surface area contributed by atoms with Gasteiger partial charge in [-0.25, -0.2) is 4.98 Å². The molecule has 27 heavy (non-hydrogen) atoms. The number of thiazole rings is 1. The van der Waals surface area contributed by atoms with Crippen molar-refractivity contribution in [1.29, 1.82) is 0 Å². The number of carbonyl (C=O) groups is 1. The Bertz CT molecular complexity index is 1060. The number of pyridine rings is 1. The molecule has 4 aromatic rings. The number of anilines is 1. The van der Waals surface area contributed by atoms with Gasteiger partial charge in [-0.15, -0.1) is 0 Å². The molecule has 4 nitrogen and oxygen atoms in total. The summed E-state index contributed by atoms with van der Waals surface area (Å²) in [4.78, 5) is 24.0. The van der Waals surface area contributed by atoms with E-state index in [1.54, 1.807) is 22.4 Å². The Hall–Kier alpha value is -3.05. The van der Waals surface area contributed by atoms with E-state index in [1.165, 1.54) is 0 Å². The van der Waals surface area contributed by atoms with E-state index in [-0.39, 0.29) is 5.91 Å². The Balaban J connectivity index is 1.70. The number of nitrogens with zero attached hydrogens (tertiary/aromatic N) is 3. The summed E-state index contributed by atoms with van der Waals surface area (Å²) >= 11 is 1.54. The van der Waals surface area contributed by atoms with Crippen molar-refractivity contribution >= 4 is 32.6 Å². The Morgan fingerprint density at radius 2 is 1.81 bits per heavy atom. The number of rotatable bonds is 5. The van der Waals surface area contributed by atoms with Gasteiger partial charge in [-0.2, -0.15) is 0 Å². The number of carbonyl (C=O) groups excluding carboxylic acids is 1. The molecule has 0 aliphatic rings. The summed E-state index contributed by atoms with van der Waals surface area (Å²) in [6.45, 7) is 2.45. The van der Waals surface area contributed by atoms with E-state index in [9.17, 15) is 4.79 Å². The lowest BCUT2D eigenvalue weighted by Crippen LogP contribution is -2.32. The first-order valence-corrected chi connectivity index (χ1v) is 9.63. The molecule has 0 aliphatic carbocycles. The molecule has 0 spiro atoms. The second-order valence-corrected chi connectivity index (χ2v) is 7.39. The predicted molar refractivity (Wildman–Crippen MR) is 110 cm³/mol. The van der Waals surface area contributed by atoms with Crippen molar-refractivity contribution in [2.45, 2.75) is 19.9 Å². The van der Waals surface area contributed by atoms with Crippen molar-refractivity contribution in [2.75, 3.05) is 4.90 Å². The third-order valence-corrected chi connectivity index (χ3v) is 5.43. The highest BCUT2D eigenvalue weighted by Crippen LogP contribution is 2.31. The molecule has 4 rings (SSSR count). The van der Waals surface area contributed by atoms with Crippen LogP contribution in [0.15, 0.2) is 72.9 Å². The van der Waals surface area contributed by atoms with Gasteiger partial charge >= 0.3 is 0 Å². The fraction of sp³-hybridized carbons (Fsp3) is 0.136. The summed E-state index contributed by atoms with van der Waals surface area (Å²) in [6.07, 6.45) is 2.08. The van der Waals surface area contributed by atoms with Gasteiger partial charge in [0.25, 0.3) is 0 Å². The number of para-hydroxylation sites is 1. The van der Waals surface area contributed by atoms with Crippen LogP contribution in [0.1, 0.15) is 16.8 Å². The van der Waals surface area contributed by atoms with Crippen LogP contribution in [0.25, 0.3) is 10.2 Å². The summed E-state index contributed by atoms with van der Waals surface area (Å²) in [5.41, 5.74) is 3.90. The zero-order valence-corrected chi connectivity index (χ0v) is 15.8. The number of hydrogen-bond acceptors (Lipinski definition) is 4. The molecule has 2 heterocycles. The van der Waals surface area contributed by atoms with Crippen LogP contribution in [-0.4, -0.2) is 15.9 Å². The molecule has 0 unspecified atom stereocenters. The predicted octanol–water partition coefficient (Wildman–Crippen LogP) is 4.78. The van der Waals surface area contributed by atoms with Crippen molar-refractivity contribution < 1.29 is 4.79 Å². The summed E-state index contributed by atoms with van der Waals surface area (Å²) in [7, 11) is 0. The molecule has 0 bridgehead atoms. The average molecular weight is 373 g/mol. The highest BCUT2D eigenvalue weighted by molar-refractivity contribution is 7.22. The van der Waals surface area contributed by atoms with E-state index in [0.29, 0.717) is 18.1 Å². The van der Waals surface area contributed by atoms with Gasteiger partial charge in [0.1, 0.15) is 0 Å².